The number of imidazole rings is 1. The van der Waals surface area contributed by atoms with Gasteiger partial charge in [-0.25, -0.2) is 4.79 Å². The van der Waals surface area contributed by atoms with Gasteiger partial charge in [0.25, 0.3) is 5.91 Å². The molecule has 0 atom stereocenters. The minimum Gasteiger partial charge on any atom is -0.364 e. The van der Waals surface area contributed by atoms with Gasteiger partial charge in [-0.15, -0.1) is 0 Å². The van der Waals surface area contributed by atoms with Crippen molar-refractivity contribution in [2.45, 2.75) is 26.8 Å². The summed E-state index contributed by atoms with van der Waals surface area (Å²) >= 11 is 0. The van der Waals surface area contributed by atoms with Crippen LogP contribution in [0.25, 0.3) is 38.8 Å². The molecular weight excluding hydrogens is 418 g/mol. The summed E-state index contributed by atoms with van der Waals surface area (Å²) in [6, 6.07) is 9.42. The Hall–Kier alpha value is -4.27. The molecule has 0 bridgehead atoms. The number of primary amides is 1. The van der Waals surface area contributed by atoms with Gasteiger partial charge < -0.3 is 5.73 Å². The minimum atomic E-state index is -0.573. The summed E-state index contributed by atoms with van der Waals surface area (Å²) in [5.41, 5.74) is 10.8. The van der Waals surface area contributed by atoms with Crippen LogP contribution in [0.15, 0.2) is 53.7 Å². The van der Waals surface area contributed by atoms with Gasteiger partial charge >= 0.3 is 5.69 Å². The molecule has 0 spiro atoms. The van der Waals surface area contributed by atoms with Gasteiger partial charge in [-0.05, 0) is 44.5 Å². The van der Waals surface area contributed by atoms with E-state index in [0.29, 0.717) is 0 Å². The average Bonchev–Trinajstić information content (AvgIpc) is 3.31. The van der Waals surface area contributed by atoms with Crippen LogP contribution in [-0.2, 0) is 7.05 Å². The third kappa shape index (κ3) is 3.20. The van der Waals surface area contributed by atoms with E-state index in [9.17, 15) is 9.59 Å². The number of hydrogen-bond donors (Lipinski definition) is 1. The highest BCUT2D eigenvalue weighted by Gasteiger charge is 2.20. The molecule has 9 nitrogen and oxygen atoms in total. The second-order valence-electron chi connectivity index (χ2n) is 8.37. The van der Waals surface area contributed by atoms with Crippen LogP contribution in [0.1, 0.15) is 36.1 Å². The maximum Gasteiger partial charge on any atom is 0.333 e. The number of aromatic nitrogens is 6. The zero-order valence-electron chi connectivity index (χ0n) is 18.8. The first-order valence-corrected chi connectivity index (χ1v) is 10.6. The minimum absolute atomic E-state index is 0.163. The van der Waals surface area contributed by atoms with Crippen LogP contribution >= 0.6 is 0 Å². The molecule has 0 aliphatic carbocycles. The number of aryl methyl sites for hydroxylation is 2. The normalized spacial score (nSPS) is 11.7. The molecule has 5 rings (SSSR count). The largest absolute Gasteiger partial charge is 0.364 e. The molecule has 33 heavy (non-hydrogen) atoms. The number of carbonyl (C=O) groups is 1. The van der Waals surface area contributed by atoms with Gasteiger partial charge in [0, 0.05) is 36.4 Å². The van der Waals surface area contributed by atoms with Crippen LogP contribution in [0.5, 0.6) is 0 Å². The van der Waals surface area contributed by atoms with Crippen LogP contribution in [0.3, 0.4) is 0 Å². The van der Waals surface area contributed by atoms with Gasteiger partial charge in [-0.1, -0.05) is 12.1 Å². The van der Waals surface area contributed by atoms with Gasteiger partial charge in [0.05, 0.1) is 34.1 Å². The van der Waals surface area contributed by atoms with Crippen LogP contribution in [0.2, 0.25) is 0 Å². The van der Waals surface area contributed by atoms with Gasteiger partial charge in [-0.2, -0.15) is 5.10 Å². The second-order valence-corrected chi connectivity index (χ2v) is 8.37. The van der Waals surface area contributed by atoms with E-state index < -0.39 is 5.91 Å². The molecular formula is C24H23N7O2. The summed E-state index contributed by atoms with van der Waals surface area (Å²) < 4.78 is 5.17. The summed E-state index contributed by atoms with van der Waals surface area (Å²) in [6.45, 7) is 6.00. The molecule has 0 saturated heterocycles. The molecule has 0 aliphatic rings. The molecule has 4 aromatic heterocycles. The summed E-state index contributed by atoms with van der Waals surface area (Å²) in [7, 11) is 1.74. The lowest BCUT2D eigenvalue weighted by Gasteiger charge is -2.08. The van der Waals surface area contributed by atoms with Gasteiger partial charge in [0.1, 0.15) is 5.69 Å². The molecule has 1 aromatic carbocycles. The van der Waals surface area contributed by atoms with E-state index in [-0.39, 0.29) is 17.4 Å². The number of amides is 1. The van der Waals surface area contributed by atoms with E-state index in [1.807, 2.05) is 49.8 Å². The number of hydrogen-bond acceptors (Lipinski definition) is 5. The number of pyridine rings is 2. The van der Waals surface area contributed by atoms with Crippen LogP contribution in [0, 0.1) is 6.92 Å². The van der Waals surface area contributed by atoms with E-state index in [0.717, 1.165) is 44.4 Å². The zero-order chi connectivity index (χ0) is 23.4. The first-order valence-electron chi connectivity index (χ1n) is 10.6. The summed E-state index contributed by atoms with van der Waals surface area (Å²) in [6.07, 6.45) is 5.24. The van der Waals surface area contributed by atoms with Crippen molar-refractivity contribution < 1.29 is 4.79 Å². The Morgan fingerprint density at radius 1 is 1.06 bits per heavy atom. The number of fused-ring (bicyclic) bond motifs is 3. The highest BCUT2D eigenvalue weighted by atomic mass is 16.2. The fourth-order valence-corrected chi connectivity index (χ4v) is 4.07. The molecule has 0 fully saturated rings. The van der Waals surface area contributed by atoms with Crippen LogP contribution in [0.4, 0.5) is 0 Å². The molecule has 9 heteroatoms. The third-order valence-electron chi connectivity index (χ3n) is 5.89. The second kappa shape index (κ2) is 7.40. The fraction of sp³-hybridized carbons (Fsp3) is 0.208. The lowest BCUT2D eigenvalue weighted by atomic mass is 10.0. The number of carbonyl (C=O) groups excluding carboxylic acids is 1. The zero-order valence-corrected chi connectivity index (χ0v) is 18.8. The van der Waals surface area contributed by atoms with Crippen molar-refractivity contribution in [3.05, 3.63) is 70.8 Å². The van der Waals surface area contributed by atoms with E-state index in [4.69, 9.17) is 5.73 Å². The Bertz CT molecular complexity index is 1600. The Morgan fingerprint density at radius 3 is 2.45 bits per heavy atom. The topological polar surface area (TPSA) is 114 Å². The molecule has 0 aliphatic heterocycles. The predicted molar refractivity (Wildman–Crippen MR) is 126 cm³/mol. The molecule has 0 radical (unpaired) electrons. The van der Waals surface area contributed by atoms with Crippen molar-refractivity contribution in [3.8, 4) is 16.8 Å². The SMILES string of the molecule is Cc1nn(C(C)C)cc1-n1c(=O)n(C)c2cnc3ccc(-c4ccc(C(N)=O)nc4)cc3c21. The fourth-order valence-electron chi connectivity index (χ4n) is 4.07. The summed E-state index contributed by atoms with van der Waals surface area (Å²) in [4.78, 5) is 33.4. The number of benzene rings is 1. The van der Waals surface area contributed by atoms with Gasteiger partial charge in [-0.3, -0.25) is 28.6 Å². The quantitative estimate of drug-likeness (QED) is 0.460. The Morgan fingerprint density at radius 2 is 1.82 bits per heavy atom. The van der Waals surface area contributed by atoms with Crippen molar-refractivity contribution >= 4 is 27.8 Å². The standard InChI is InChI=1S/C24H23N7O2/c1-13(2)30-12-21(14(3)28-30)31-22-17-9-15(16-6-8-19(23(25)32)26-10-16)5-7-18(17)27-11-20(22)29(4)24(31)33/h5-13H,1-4H3,(H2,25,32). The van der Waals surface area contributed by atoms with Gasteiger partial charge in [0.15, 0.2) is 0 Å². The summed E-state index contributed by atoms with van der Waals surface area (Å²) in [5.74, 6) is -0.573. The first kappa shape index (κ1) is 20.6. The lowest BCUT2D eigenvalue weighted by molar-refractivity contribution is 0.0995. The number of rotatable bonds is 4. The van der Waals surface area contributed by atoms with Crippen molar-refractivity contribution in [2.24, 2.45) is 12.8 Å². The van der Waals surface area contributed by atoms with Crippen molar-refractivity contribution in [1.29, 1.82) is 0 Å². The van der Waals surface area contributed by atoms with Crippen molar-refractivity contribution in [1.82, 2.24) is 28.9 Å². The van der Waals surface area contributed by atoms with Crippen molar-refractivity contribution in [2.75, 3.05) is 0 Å². The van der Waals surface area contributed by atoms with Gasteiger partial charge in [0.2, 0.25) is 0 Å². The lowest BCUT2D eigenvalue weighted by Crippen LogP contribution is -2.21. The number of nitrogens with two attached hydrogens (primary N) is 1. The maximum atomic E-state index is 13.3. The van der Waals surface area contributed by atoms with E-state index >= 15 is 0 Å². The summed E-state index contributed by atoms with van der Waals surface area (Å²) in [5, 5.41) is 5.43. The Kier molecular flexibility index (Phi) is 4.63. The Labute approximate surface area is 189 Å². The third-order valence-corrected chi connectivity index (χ3v) is 5.89. The van der Waals surface area contributed by atoms with E-state index in [2.05, 4.69) is 15.1 Å². The van der Waals surface area contributed by atoms with Crippen molar-refractivity contribution in [3.63, 3.8) is 0 Å². The predicted octanol–water partition coefficient (Wildman–Crippen LogP) is 3.12. The smallest absolute Gasteiger partial charge is 0.333 e. The molecule has 2 N–H and O–H groups in total. The highest BCUT2D eigenvalue weighted by molar-refractivity contribution is 6.04. The maximum absolute atomic E-state index is 13.3. The average molecular weight is 441 g/mol. The van der Waals surface area contributed by atoms with E-state index in [1.165, 1.54) is 0 Å². The Balaban J connectivity index is 1.80. The number of nitrogens with zero attached hydrogens (tertiary/aromatic N) is 6. The van der Waals surface area contributed by atoms with Crippen LogP contribution < -0.4 is 11.4 Å². The molecule has 5 aromatic rings. The van der Waals surface area contributed by atoms with E-state index in [1.54, 1.807) is 40.7 Å². The molecule has 1 amide bonds. The highest BCUT2D eigenvalue weighted by Crippen LogP contribution is 2.30. The molecule has 4 heterocycles. The monoisotopic (exact) mass is 441 g/mol. The molecule has 0 unspecified atom stereocenters. The molecule has 0 saturated carbocycles. The molecule has 166 valence electrons. The van der Waals surface area contributed by atoms with Crippen LogP contribution in [-0.4, -0.2) is 34.8 Å². The first-order chi connectivity index (χ1) is 15.8.